The number of nitrogens with zero attached hydrogens (tertiary/aromatic N) is 3. The summed E-state index contributed by atoms with van der Waals surface area (Å²) >= 11 is 0. The van der Waals surface area contributed by atoms with Gasteiger partial charge in [-0.05, 0) is 31.2 Å². The number of carbonyl (C=O) groups excluding carboxylic acids is 2. The van der Waals surface area contributed by atoms with E-state index in [1.165, 1.54) is 0 Å². The van der Waals surface area contributed by atoms with Gasteiger partial charge in [-0.15, -0.1) is 0 Å². The van der Waals surface area contributed by atoms with Crippen LogP contribution in [0.3, 0.4) is 0 Å². The maximum Gasteiger partial charge on any atom is 0.289 e. The lowest BCUT2D eigenvalue weighted by Gasteiger charge is -2.20. The van der Waals surface area contributed by atoms with Crippen LogP contribution in [0, 0.1) is 0 Å². The van der Waals surface area contributed by atoms with Gasteiger partial charge in [0.2, 0.25) is 0 Å². The van der Waals surface area contributed by atoms with Gasteiger partial charge in [-0.1, -0.05) is 30.3 Å². The number of hydrogen-bond acceptors (Lipinski definition) is 4. The molecule has 1 N–H and O–H groups in total. The van der Waals surface area contributed by atoms with E-state index < -0.39 is 0 Å². The number of rotatable bonds is 8. The van der Waals surface area contributed by atoms with Crippen LogP contribution in [-0.2, 0) is 24.2 Å². The summed E-state index contributed by atoms with van der Waals surface area (Å²) in [6, 6.07) is 9.84. The molecule has 1 aliphatic heterocycles. The SMILES string of the molecule is COCCCNC(=O)c1nc(C(=O)N(C)Cc2ccccc2)n2c1CCCC2. The van der Waals surface area contributed by atoms with Crippen molar-refractivity contribution in [2.45, 2.75) is 38.8 Å². The smallest absolute Gasteiger partial charge is 0.289 e. The van der Waals surface area contributed by atoms with Crippen LogP contribution in [0.5, 0.6) is 0 Å². The molecule has 1 aromatic carbocycles. The number of imidazole rings is 1. The van der Waals surface area contributed by atoms with Gasteiger partial charge in [-0.25, -0.2) is 4.98 Å². The minimum atomic E-state index is -0.216. The average molecular weight is 384 g/mol. The summed E-state index contributed by atoms with van der Waals surface area (Å²) in [5, 5.41) is 2.89. The van der Waals surface area contributed by atoms with Crippen LogP contribution < -0.4 is 5.32 Å². The van der Waals surface area contributed by atoms with Crippen molar-refractivity contribution in [3.8, 4) is 0 Å². The predicted molar refractivity (Wildman–Crippen MR) is 106 cm³/mol. The summed E-state index contributed by atoms with van der Waals surface area (Å²) in [5.74, 6) is -0.0212. The Hall–Kier alpha value is -2.67. The van der Waals surface area contributed by atoms with Gasteiger partial charge in [0.15, 0.2) is 5.82 Å². The second-order valence-corrected chi connectivity index (χ2v) is 7.09. The molecule has 0 aliphatic carbocycles. The van der Waals surface area contributed by atoms with E-state index >= 15 is 0 Å². The molecule has 2 heterocycles. The molecule has 0 unspecified atom stereocenters. The molecule has 0 saturated carbocycles. The Morgan fingerprint density at radius 1 is 1.25 bits per heavy atom. The highest BCUT2D eigenvalue weighted by molar-refractivity contribution is 5.97. The highest BCUT2D eigenvalue weighted by atomic mass is 16.5. The Morgan fingerprint density at radius 3 is 2.79 bits per heavy atom. The van der Waals surface area contributed by atoms with Crippen molar-refractivity contribution in [2.24, 2.45) is 0 Å². The summed E-state index contributed by atoms with van der Waals surface area (Å²) < 4.78 is 6.94. The van der Waals surface area contributed by atoms with Gasteiger partial charge < -0.3 is 19.5 Å². The first-order chi connectivity index (χ1) is 13.6. The highest BCUT2D eigenvalue weighted by Crippen LogP contribution is 2.22. The third kappa shape index (κ3) is 4.59. The Bertz CT molecular complexity index is 817. The van der Waals surface area contributed by atoms with Crippen LogP contribution >= 0.6 is 0 Å². The number of hydrogen-bond donors (Lipinski definition) is 1. The van der Waals surface area contributed by atoms with E-state index in [0.717, 1.165) is 43.5 Å². The summed E-state index contributed by atoms with van der Waals surface area (Å²) in [7, 11) is 3.40. The number of aromatic nitrogens is 2. The lowest BCUT2D eigenvalue weighted by atomic mass is 10.1. The van der Waals surface area contributed by atoms with Gasteiger partial charge in [-0.2, -0.15) is 0 Å². The largest absolute Gasteiger partial charge is 0.385 e. The number of methoxy groups -OCH3 is 1. The maximum atomic E-state index is 13.1. The van der Waals surface area contributed by atoms with Gasteiger partial charge in [0.25, 0.3) is 11.8 Å². The van der Waals surface area contributed by atoms with Gasteiger partial charge in [0.1, 0.15) is 5.69 Å². The molecular weight excluding hydrogens is 356 g/mol. The topological polar surface area (TPSA) is 76.5 Å². The second kappa shape index (κ2) is 9.50. The third-order valence-electron chi connectivity index (χ3n) is 4.94. The van der Waals surface area contributed by atoms with Gasteiger partial charge >= 0.3 is 0 Å². The zero-order chi connectivity index (χ0) is 19.9. The molecule has 0 fully saturated rings. The van der Waals surface area contributed by atoms with Crippen LogP contribution in [0.4, 0.5) is 0 Å². The molecule has 2 amide bonds. The van der Waals surface area contributed by atoms with Crippen LogP contribution in [0.15, 0.2) is 30.3 Å². The van der Waals surface area contributed by atoms with E-state index in [0.29, 0.717) is 31.2 Å². The number of amides is 2. The molecule has 2 aromatic rings. The average Bonchev–Trinajstić information content (AvgIpc) is 3.11. The molecular formula is C21H28N4O3. The van der Waals surface area contributed by atoms with Crippen molar-refractivity contribution >= 4 is 11.8 Å². The van der Waals surface area contributed by atoms with Gasteiger partial charge in [0, 0.05) is 40.4 Å². The fourth-order valence-electron chi connectivity index (χ4n) is 3.49. The van der Waals surface area contributed by atoms with E-state index in [4.69, 9.17) is 4.74 Å². The molecule has 7 heteroatoms. The molecule has 28 heavy (non-hydrogen) atoms. The summed E-state index contributed by atoms with van der Waals surface area (Å²) in [6.07, 6.45) is 3.50. The zero-order valence-electron chi connectivity index (χ0n) is 16.6. The fraction of sp³-hybridized carbons (Fsp3) is 0.476. The molecule has 150 valence electrons. The minimum Gasteiger partial charge on any atom is -0.385 e. The van der Waals surface area contributed by atoms with Crippen molar-refractivity contribution in [1.82, 2.24) is 19.8 Å². The molecule has 1 aliphatic rings. The lowest BCUT2D eigenvalue weighted by Crippen LogP contribution is -2.30. The van der Waals surface area contributed by atoms with Crippen LogP contribution in [0.2, 0.25) is 0 Å². The minimum absolute atomic E-state index is 0.162. The fourth-order valence-corrected chi connectivity index (χ4v) is 3.49. The summed E-state index contributed by atoms with van der Waals surface area (Å²) in [4.78, 5) is 31.8. The Kier molecular flexibility index (Phi) is 6.81. The second-order valence-electron chi connectivity index (χ2n) is 7.09. The Balaban J connectivity index is 1.78. The number of fused-ring (bicyclic) bond motifs is 1. The van der Waals surface area contributed by atoms with Crippen LogP contribution in [0.1, 0.15) is 51.6 Å². The van der Waals surface area contributed by atoms with E-state index in [1.54, 1.807) is 19.1 Å². The van der Waals surface area contributed by atoms with Crippen LogP contribution in [0.25, 0.3) is 0 Å². The van der Waals surface area contributed by atoms with Crippen molar-refractivity contribution in [2.75, 3.05) is 27.3 Å². The van der Waals surface area contributed by atoms with Crippen molar-refractivity contribution in [3.63, 3.8) is 0 Å². The van der Waals surface area contributed by atoms with Crippen molar-refractivity contribution < 1.29 is 14.3 Å². The molecule has 0 radical (unpaired) electrons. The van der Waals surface area contributed by atoms with E-state index in [-0.39, 0.29) is 11.8 Å². The molecule has 3 rings (SSSR count). The monoisotopic (exact) mass is 384 g/mol. The predicted octanol–water partition coefficient (Wildman–Crippen LogP) is 2.26. The number of ether oxygens (including phenoxy) is 1. The molecule has 7 nitrogen and oxygen atoms in total. The summed E-state index contributed by atoms with van der Waals surface area (Å²) in [6.45, 7) is 2.34. The number of benzene rings is 1. The molecule has 0 saturated heterocycles. The van der Waals surface area contributed by atoms with E-state index in [1.807, 2.05) is 34.9 Å². The molecule has 1 aromatic heterocycles. The standard InChI is InChI=1S/C21H28N4O3/c1-24(15-16-9-4-3-5-10-16)21(27)19-23-18(17-11-6-7-13-25(17)19)20(26)22-12-8-14-28-2/h3-5,9-10H,6-8,11-15H2,1-2H3,(H,22,26). The van der Waals surface area contributed by atoms with Crippen molar-refractivity contribution in [1.29, 1.82) is 0 Å². The van der Waals surface area contributed by atoms with Gasteiger partial charge in [0.05, 0.1) is 5.69 Å². The quantitative estimate of drug-likeness (QED) is 0.709. The number of carbonyl (C=O) groups is 2. The zero-order valence-corrected chi connectivity index (χ0v) is 16.6. The molecule has 0 atom stereocenters. The maximum absolute atomic E-state index is 13.1. The van der Waals surface area contributed by atoms with E-state index in [2.05, 4.69) is 10.3 Å². The third-order valence-corrected chi connectivity index (χ3v) is 4.94. The number of nitrogens with one attached hydrogen (secondary N) is 1. The Labute approximate surface area is 165 Å². The first-order valence-corrected chi connectivity index (χ1v) is 9.77. The Morgan fingerprint density at radius 2 is 2.04 bits per heavy atom. The molecule has 0 bridgehead atoms. The van der Waals surface area contributed by atoms with Gasteiger partial charge in [-0.3, -0.25) is 9.59 Å². The highest BCUT2D eigenvalue weighted by Gasteiger charge is 2.28. The van der Waals surface area contributed by atoms with Crippen LogP contribution in [-0.4, -0.2) is 53.6 Å². The molecule has 0 spiro atoms. The van der Waals surface area contributed by atoms with Crippen molar-refractivity contribution in [3.05, 3.63) is 53.1 Å². The summed E-state index contributed by atoms with van der Waals surface area (Å²) in [5.41, 5.74) is 2.31. The van der Waals surface area contributed by atoms with E-state index in [9.17, 15) is 9.59 Å². The first-order valence-electron chi connectivity index (χ1n) is 9.77. The lowest BCUT2D eigenvalue weighted by molar-refractivity contribution is 0.0766. The first kappa shape index (κ1) is 20.1. The normalized spacial score (nSPS) is 13.1.